The fourth-order valence-electron chi connectivity index (χ4n) is 3.03. The van der Waals surface area contributed by atoms with Gasteiger partial charge in [-0.2, -0.15) is 0 Å². The zero-order valence-electron chi connectivity index (χ0n) is 14.0. The first-order valence-electron chi connectivity index (χ1n) is 7.81. The molecule has 0 saturated carbocycles. The Kier molecular flexibility index (Phi) is 5.03. The van der Waals surface area contributed by atoms with Crippen molar-refractivity contribution in [2.24, 2.45) is 0 Å². The van der Waals surface area contributed by atoms with Crippen LogP contribution in [0.1, 0.15) is 6.42 Å². The second-order valence-electron chi connectivity index (χ2n) is 5.68. The molecule has 134 valence electrons. The Balaban J connectivity index is 1.67. The van der Waals surface area contributed by atoms with Crippen LogP contribution in [-0.2, 0) is 4.79 Å². The molecule has 0 spiro atoms. The molecule has 1 atom stereocenters. The van der Waals surface area contributed by atoms with Crippen LogP contribution in [0, 0.1) is 0 Å². The molecule has 0 bridgehead atoms. The van der Waals surface area contributed by atoms with E-state index in [9.17, 15) is 14.4 Å². The first-order chi connectivity index (χ1) is 12.0. The van der Waals surface area contributed by atoms with Crippen molar-refractivity contribution in [1.82, 2.24) is 9.80 Å². The quantitative estimate of drug-likeness (QED) is 0.878. The Morgan fingerprint density at radius 1 is 1.28 bits per heavy atom. The van der Waals surface area contributed by atoms with Crippen molar-refractivity contribution in [3.8, 4) is 11.5 Å². The summed E-state index contributed by atoms with van der Waals surface area (Å²) in [7, 11) is 3.03. The number of methoxy groups -OCH3 is 2. The summed E-state index contributed by atoms with van der Waals surface area (Å²) in [5.74, 6) is 0.958. The molecule has 8 nitrogen and oxygen atoms in total. The minimum atomic E-state index is -0.305. The van der Waals surface area contributed by atoms with Crippen LogP contribution >= 0.6 is 11.8 Å². The average Bonchev–Trinajstić information content (AvgIpc) is 3.21. The fraction of sp³-hybridized carbons (Fsp3) is 0.438. The van der Waals surface area contributed by atoms with Gasteiger partial charge in [0.1, 0.15) is 0 Å². The first-order valence-corrected chi connectivity index (χ1v) is 8.79. The molecule has 1 aromatic rings. The van der Waals surface area contributed by atoms with E-state index in [1.54, 1.807) is 23.1 Å². The lowest BCUT2D eigenvalue weighted by molar-refractivity contribution is -0.126. The number of imide groups is 1. The largest absolute Gasteiger partial charge is 0.493 e. The number of amides is 4. The van der Waals surface area contributed by atoms with Gasteiger partial charge in [-0.05, 0) is 18.6 Å². The number of nitrogens with one attached hydrogen (secondary N) is 1. The molecule has 1 aromatic carbocycles. The highest BCUT2D eigenvalue weighted by atomic mass is 32.2. The maximum absolute atomic E-state index is 12.5. The molecule has 4 amide bonds. The van der Waals surface area contributed by atoms with Crippen LogP contribution in [0.15, 0.2) is 18.2 Å². The molecule has 2 saturated heterocycles. The van der Waals surface area contributed by atoms with Crippen LogP contribution in [0.25, 0.3) is 0 Å². The molecule has 1 N–H and O–H groups in total. The van der Waals surface area contributed by atoms with Gasteiger partial charge in [0.05, 0.1) is 31.7 Å². The highest BCUT2D eigenvalue weighted by Gasteiger charge is 2.40. The third-order valence-electron chi connectivity index (χ3n) is 4.24. The third-order valence-corrected chi connectivity index (χ3v) is 5.08. The summed E-state index contributed by atoms with van der Waals surface area (Å²) >= 11 is 1.01. The zero-order valence-corrected chi connectivity index (χ0v) is 14.8. The number of urea groups is 1. The minimum Gasteiger partial charge on any atom is -0.493 e. The summed E-state index contributed by atoms with van der Waals surface area (Å²) < 4.78 is 10.5. The van der Waals surface area contributed by atoms with E-state index in [2.05, 4.69) is 5.32 Å². The Labute approximate surface area is 149 Å². The van der Waals surface area contributed by atoms with Crippen LogP contribution in [0.5, 0.6) is 11.5 Å². The van der Waals surface area contributed by atoms with Crippen LogP contribution in [0.3, 0.4) is 0 Å². The molecule has 2 aliphatic rings. The highest BCUT2D eigenvalue weighted by Crippen LogP contribution is 2.35. The number of para-hydroxylation sites is 1. The molecule has 0 radical (unpaired) electrons. The number of carbonyl (C=O) groups is 3. The van der Waals surface area contributed by atoms with Crippen molar-refractivity contribution < 1.29 is 23.9 Å². The normalized spacial score (nSPS) is 20.2. The van der Waals surface area contributed by atoms with Crippen molar-refractivity contribution in [1.29, 1.82) is 0 Å². The zero-order chi connectivity index (χ0) is 18.0. The number of anilines is 1. The van der Waals surface area contributed by atoms with Crippen LogP contribution < -0.4 is 14.8 Å². The minimum absolute atomic E-state index is 0.183. The summed E-state index contributed by atoms with van der Waals surface area (Å²) in [5, 5.41) is 2.57. The van der Waals surface area contributed by atoms with Crippen molar-refractivity contribution in [2.45, 2.75) is 12.5 Å². The molecule has 2 aliphatic heterocycles. The van der Waals surface area contributed by atoms with Crippen LogP contribution in [0.2, 0.25) is 0 Å². The molecule has 9 heteroatoms. The van der Waals surface area contributed by atoms with Gasteiger partial charge < -0.3 is 19.7 Å². The number of nitrogens with zero attached hydrogens (tertiary/aromatic N) is 2. The molecule has 25 heavy (non-hydrogen) atoms. The fourth-order valence-corrected chi connectivity index (χ4v) is 3.81. The summed E-state index contributed by atoms with van der Waals surface area (Å²) in [6, 6.07) is 4.65. The number of benzene rings is 1. The van der Waals surface area contributed by atoms with Crippen molar-refractivity contribution in [3.05, 3.63) is 18.2 Å². The molecule has 2 fully saturated rings. The van der Waals surface area contributed by atoms with E-state index in [1.165, 1.54) is 19.1 Å². The Morgan fingerprint density at radius 2 is 2.08 bits per heavy atom. The van der Waals surface area contributed by atoms with Crippen molar-refractivity contribution in [3.63, 3.8) is 0 Å². The number of thioether (sulfide) groups is 1. The standard InChI is InChI=1S/C16H19N3O5S/c1-23-12-5-3-4-11(14(12)24-2)17-15(21)18-7-6-10(8-18)19-13(20)9-25-16(19)22/h3-5,10H,6-9H2,1-2H3,(H,17,21). The summed E-state index contributed by atoms with van der Waals surface area (Å²) in [6.45, 7) is 0.806. The molecular formula is C16H19N3O5S. The van der Waals surface area contributed by atoms with E-state index in [-0.39, 0.29) is 29.0 Å². The Morgan fingerprint density at radius 3 is 2.72 bits per heavy atom. The second kappa shape index (κ2) is 7.22. The number of rotatable bonds is 4. The molecule has 1 unspecified atom stereocenters. The van der Waals surface area contributed by atoms with Crippen LogP contribution in [0.4, 0.5) is 15.3 Å². The Hall–Kier alpha value is -2.42. The van der Waals surface area contributed by atoms with Gasteiger partial charge in [-0.25, -0.2) is 4.79 Å². The van der Waals surface area contributed by atoms with Crippen molar-refractivity contribution >= 4 is 34.6 Å². The van der Waals surface area contributed by atoms with Crippen LogP contribution in [-0.4, -0.2) is 66.1 Å². The Bertz CT molecular complexity index is 695. The lowest BCUT2D eigenvalue weighted by atomic mass is 10.2. The van der Waals surface area contributed by atoms with E-state index in [1.807, 2.05) is 0 Å². The molecular weight excluding hydrogens is 346 g/mol. The third kappa shape index (κ3) is 3.37. The topological polar surface area (TPSA) is 88.2 Å². The van der Waals surface area contributed by atoms with E-state index >= 15 is 0 Å². The highest BCUT2D eigenvalue weighted by molar-refractivity contribution is 8.14. The number of hydrogen-bond donors (Lipinski definition) is 1. The van der Waals surface area contributed by atoms with Crippen molar-refractivity contribution in [2.75, 3.05) is 38.4 Å². The monoisotopic (exact) mass is 365 g/mol. The lowest BCUT2D eigenvalue weighted by Gasteiger charge is -2.22. The predicted octanol–water partition coefficient (Wildman–Crippen LogP) is 2.01. The SMILES string of the molecule is COc1cccc(NC(=O)N2CCC(N3C(=O)CSC3=O)C2)c1OC. The predicted molar refractivity (Wildman–Crippen MR) is 93.2 cm³/mol. The second-order valence-corrected chi connectivity index (χ2v) is 6.60. The van der Waals surface area contributed by atoms with E-state index in [4.69, 9.17) is 9.47 Å². The van der Waals surface area contributed by atoms with Gasteiger partial charge >= 0.3 is 6.03 Å². The van der Waals surface area contributed by atoms with Gasteiger partial charge in [0.2, 0.25) is 5.91 Å². The van der Waals surface area contributed by atoms with Gasteiger partial charge in [0, 0.05) is 13.1 Å². The number of likely N-dealkylation sites (tertiary alicyclic amines) is 1. The summed E-state index contributed by atoms with van der Waals surface area (Å²) in [6.07, 6.45) is 0.584. The van der Waals surface area contributed by atoms with E-state index in [0.717, 1.165) is 11.8 Å². The summed E-state index contributed by atoms with van der Waals surface area (Å²) in [5.41, 5.74) is 0.499. The van der Waals surface area contributed by atoms with Gasteiger partial charge in [-0.15, -0.1) is 0 Å². The van der Waals surface area contributed by atoms with E-state index in [0.29, 0.717) is 36.7 Å². The lowest BCUT2D eigenvalue weighted by Crippen LogP contribution is -2.42. The van der Waals surface area contributed by atoms with Gasteiger partial charge in [0.25, 0.3) is 5.24 Å². The number of hydrogen-bond acceptors (Lipinski definition) is 6. The van der Waals surface area contributed by atoms with Gasteiger partial charge in [-0.1, -0.05) is 17.8 Å². The summed E-state index contributed by atoms with van der Waals surface area (Å²) in [4.78, 5) is 39.0. The maximum atomic E-state index is 12.5. The number of carbonyl (C=O) groups excluding carboxylic acids is 3. The van der Waals surface area contributed by atoms with E-state index < -0.39 is 0 Å². The molecule has 0 aliphatic carbocycles. The molecule has 0 aromatic heterocycles. The smallest absolute Gasteiger partial charge is 0.322 e. The first kappa shape index (κ1) is 17.4. The number of ether oxygens (including phenoxy) is 2. The molecule has 3 rings (SSSR count). The average molecular weight is 365 g/mol. The maximum Gasteiger partial charge on any atom is 0.322 e. The van der Waals surface area contributed by atoms with Gasteiger partial charge in [0.15, 0.2) is 11.5 Å². The molecule has 2 heterocycles. The van der Waals surface area contributed by atoms with Gasteiger partial charge in [-0.3, -0.25) is 14.5 Å².